The average molecular weight is 339 g/mol. The largest absolute Gasteiger partial charge is 0.479 e. The fraction of sp³-hybridized carbons (Fsp3) is 0.615. The first-order valence-electron chi connectivity index (χ1n) is 6.54. The van der Waals surface area contributed by atoms with Crippen molar-refractivity contribution in [3.8, 4) is 0 Å². The maximum absolute atomic E-state index is 12.3. The third-order valence-corrected chi connectivity index (χ3v) is 3.86. The minimum atomic E-state index is -5.02. The normalized spacial score (nSPS) is 19.5. The summed E-state index contributed by atoms with van der Waals surface area (Å²) in [5, 5.41) is -0.0984. The Morgan fingerprint density at radius 3 is 2.59 bits per heavy atom. The third-order valence-electron chi connectivity index (χ3n) is 2.82. The van der Waals surface area contributed by atoms with Gasteiger partial charge in [0.1, 0.15) is 0 Å². The second-order valence-corrected chi connectivity index (χ2v) is 5.85. The van der Waals surface area contributed by atoms with Gasteiger partial charge in [-0.15, -0.1) is 0 Å². The number of ketones is 1. The van der Waals surface area contributed by atoms with Gasteiger partial charge in [0.25, 0.3) is 5.78 Å². The lowest BCUT2D eigenvalue weighted by molar-refractivity contribution is -0.165. The Morgan fingerprint density at radius 2 is 2.09 bits per heavy atom. The smallest absolute Gasteiger partial charge is 0.454 e. The molecule has 1 heterocycles. The lowest BCUT2D eigenvalue weighted by atomic mass is 10.1. The zero-order chi connectivity index (χ0) is 16.9. The van der Waals surface area contributed by atoms with Crippen molar-refractivity contribution in [2.24, 2.45) is 5.92 Å². The van der Waals surface area contributed by atoms with Crippen molar-refractivity contribution < 1.29 is 32.3 Å². The minimum absolute atomic E-state index is 0.0214. The molecule has 1 atom stereocenters. The molecule has 0 aliphatic carbocycles. The number of carbonyl (C=O) groups is 3. The zero-order valence-corrected chi connectivity index (χ0v) is 12.9. The number of allylic oxidation sites excluding steroid dienone is 1. The van der Waals surface area contributed by atoms with Gasteiger partial charge in [0.2, 0.25) is 5.91 Å². The van der Waals surface area contributed by atoms with Crippen LogP contribution in [0.3, 0.4) is 0 Å². The Balaban J connectivity index is 2.84. The second-order valence-electron chi connectivity index (χ2n) is 4.65. The number of amides is 1. The molecule has 0 aromatic heterocycles. The van der Waals surface area contributed by atoms with E-state index >= 15 is 0 Å². The molecular formula is C13H16F3NO4S. The van der Waals surface area contributed by atoms with Gasteiger partial charge >= 0.3 is 6.18 Å². The molecule has 0 radical (unpaired) electrons. The van der Waals surface area contributed by atoms with E-state index in [-0.39, 0.29) is 30.6 Å². The van der Waals surface area contributed by atoms with Crippen LogP contribution in [0.5, 0.6) is 0 Å². The summed E-state index contributed by atoms with van der Waals surface area (Å²) >= 11 is 1.05. The summed E-state index contributed by atoms with van der Waals surface area (Å²) in [5.74, 6) is -2.69. The van der Waals surface area contributed by atoms with E-state index in [0.29, 0.717) is 11.8 Å². The van der Waals surface area contributed by atoms with Crippen LogP contribution in [0.15, 0.2) is 12.0 Å². The standard InChI is InChI=1S/C13H16F3NO4S/c1-3-21-12(5-10(19)13(14,15)16)17-6-9(4-11(17)20)7-22-8(2)18/h5,9H,3-4,6-7H2,1-2H3. The Kier molecular flexibility index (Phi) is 6.46. The maximum Gasteiger partial charge on any atom is 0.454 e. The summed E-state index contributed by atoms with van der Waals surface area (Å²) in [6.07, 6.45) is -4.62. The molecule has 1 rings (SSSR count). The molecule has 1 unspecified atom stereocenters. The molecule has 124 valence electrons. The highest BCUT2D eigenvalue weighted by atomic mass is 32.2. The molecule has 0 aromatic carbocycles. The summed E-state index contributed by atoms with van der Waals surface area (Å²) in [6.45, 7) is 3.08. The van der Waals surface area contributed by atoms with Gasteiger partial charge in [0.05, 0.1) is 12.7 Å². The maximum atomic E-state index is 12.3. The second kappa shape index (κ2) is 7.66. The van der Waals surface area contributed by atoms with Gasteiger partial charge in [0, 0.05) is 25.6 Å². The summed E-state index contributed by atoms with van der Waals surface area (Å²) < 4.78 is 42.0. The van der Waals surface area contributed by atoms with E-state index in [4.69, 9.17) is 4.74 Å². The van der Waals surface area contributed by atoms with Crippen LogP contribution >= 0.6 is 11.8 Å². The molecule has 5 nitrogen and oxygen atoms in total. The van der Waals surface area contributed by atoms with Gasteiger partial charge in [0.15, 0.2) is 11.0 Å². The van der Waals surface area contributed by atoms with Crippen LogP contribution < -0.4 is 0 Å². The molecule has 1 aliphatic heterocycles. The molecule has 22 heavy (non-hydrogen) atoms. The van der Waals surface area contributed by atoms with Crippen molar-refractivity contribution >= 4 is 28.6 Å². The lowest BCUT2D eigenvalue weighted by Crippen LogP contribution is -2.29. The van der Waals surface area contributed by atoms with Crippen LogP contribution in [-0.2, 0) is 19.1 Å². The summed E-state index contributed by atoms with van der Waals surface area (Å²) in [6, 6.07) is 0. The van der Waals surface area contributed by atoms with Crippen LogP contribution in [-0.4, -0.2) is 46.8 Å². The first kappa shape index (κ1) is 18.5. The number of rotatable bonds is 6. The number of hydrogen-bond acceptors (Lipinski definition) is 5. The van der Waals surface area contributed by atoms with E-state index in [1.807, 2.05) is 0 Å². The van der Waals surface area contributed by atoms with E-state index in [0.717, 1.165) is 16.7 Å². The van der Waals surface area contributed by atoms with Crippen LogP contribution in [0.2, 0.25) is 0 Å². The SMILES string of the molecule is CCOC(=CC(=O)C(F)(F)F)N1CC(CSC(C)=O)CC1=O. The number of alkyl halides is 3. The van der Waals surface area contributed by atoms with E-state index in [2.05, 4.69) is 0 Å². The van der Waals surface area contributed by atoms with Crippen LogP contribution in [0.4, 0.5) is 13.2 Å². The van der Waals surface area contributed by atoms with Crippen molar-refractivity contribution in [1.29, 1.82) is 0 Å². The van der Waals surface area contributed by atoms with Gasteiger partial charge in [-0.2, -0.15) is 13.2 Å². The van der Waals surface area contributed by atoms with Crippen molar-refractivity contribution in [3.63, 3.8) is 0 Å². The van der Waals surface area contributed by atoms with Crippen molar-refractivity contribution in [2.45, 2.75) is 26.4 Å². The van der Waals surface area contributed by atoms with Gasteiger partial charge in [-0.1, -0.05) is 11.8 Å². The molecule has 1 aliphatic rings. The first-order chi connectivity index (χ1) is 10.1. The Labute approximate surface area is 129 Å². The van der Waals surface area contributed by atoms with Gasteiger partial charge in [-0.3, -0.25) is 19.3 Å². The fourth-order valence-corrected chi connectivity index (χ4v) is 2.57. The highest BCUT2D eigenvalue weighted by Crippen LogP contribution is 2.27. The molecule has 0 spiro atoms. The number of nitrogens with zero attached hydrogens (tertiary/aromatic N) is 1. The Hall–Kier alpha value is -1.51. The molecule has 1 amide bonds. The number of carbonyl (C=O) groups excluding carboxylic acids is 3. The highest BCUT2D eigenvalue weighted by molar-refractivity contribution is 8.13. The quantitative estimate of drug-likeness (QED) is 0.548. The number of halogens is 3. The molecule has 0 aromatic rings. The topological polar surface area (TPSA) is 63.7 Å². The van der Waals surface area contributed by atoms with E-state index in [9.17, 15) is 27.6 Å². The predicted octanol–water partition coefficient (Wildman–Crippen LogP) is 2.12. The Morgan fingerprint density at radius 1 is 1.45 bits per heavy atom. The van der Waals surface area contributed by atoms with Gasteiger partial charge in [-0.05, 0) is 12.8 Å². The number of likely N-dealkylation sites (tertiary alicyclic amines) is 1. The molecule has 1 saturated heterocycles. The predicted molar refractivity (Wildman–Crippen MR) is 73.7 cm³/mol. The molecule has 0 saturated carbocycles. The molecule has 0 bridgehead atoms. The molecule has 0 N–H and O–H groups in total. The lowest BCUT2D eigenvalue weighted by Gasteiger charge is -2.20. The summed E-state index contributed by atoms with van der Waals surface area (Å²) in [4.78, 5) is 34.9. The number of ether oxygens (including phenoxy) is 1. The summed E-state index contributed by atoms with van der Waals surface area (Å²) in [7, 11) is 0. The monoisotopic (exact) mass is 339 g/mol. The van der Waals surface area contributed by atoms with Crippen LogP contribution in [0.1, 0.15) is 20.3 Å². The Bertz CT molecular complexity index is 490. The van der Waals surface area contributed by atoms with Crippen LogP contribution in [0.25, 0.3) is 0 Å². The van der Waals surface area contributed by atoms with Gasteiger partial charge in [-0.25, -0.2) is 0 Å². The molecule has 9 heteroatoms. The molecule has 1 fully saturated rings. The van der Waals surface area contributed by atoms with Crippen molar-refractivity contribution in [2.75, 3.05) is 18.9 Å². The zero-order valence-electron chi connectivity index (χ0n) is 12.1. The minimum Gasteiger partial charge on any atom is -0.479 e. The van der Waals surface area contributed by atoms with Gasteiger partial charge < -0.3 is 4.74 Å². The molecular weight excluding hydrogens is 323 g/mol. The third kappa shape index (κ3) is 5.36. The van der Waals surface area contributed by atoms with Crippen molar-refractivity contribution in [3.05, 3.63) is 12.0 Å². The number of hydrogen-bond donors (Lipinski definition) is 0. The first-order valence-corrected chi connectivity index (χ1v) is 7.53. The van der Waals surface area contributed by atoms with Crippen LogP contribution in [0, 0.1) is 5.92 Å². The fourth-order valence-electron chi connectivity index (χ4n) is 1.88. The average Bonchev–Trinajstić information content (AvgIpc) is 2.76. The van der Waals surface area contributed by atoms with E-state index < -0.39 is 23.7 Å². The van der Waals surface area contributed by atoms with Crippen molar-refractivity contribution in [1.82, 2.24) is 4.90 Å². The number of thioether (sulfide) groups is 1. The summed E-state index contributed by atoms with van der Waals surface area (Å²) in [5.41, 5.74) is 0. The van der Waals surface area contributed by atoms with E-state index in [1.165, 1.54) is 13.8 Å². The highest BCUT2D eigenvalue weighted by Gasteiger charge is 2.39. The van der Waals surface area contributed by atoms with E-state index in [1.54, 1.807) is 0 Å².